The number of fused-ring (bicyclic) bond motifs is 1. The van der Waals surface area contributed by atoms with Crippen LogP contribution in [0.4, 0.5) is 0 Å². The Morgan fingerprint density at radius 2 is 2.12 bits per heavy atom. The van der Waals surface area contributed by atoms with E-state index in [1.54, 1.807) is 24.3 Å². The summed E-state index contributed by atoms with van der Waals surface area (Å²) in [5.41, 5.74) is 0.865. The van der Waals surface area contributed by atoms with Crippen LogP contribution < -0.4 is 4.80 Å². The molecule has 0 bridgehead atoms. The maximum atomic E-state index is 12.3. The van der Waals surface area contributed by atoms with Gasteiger partial charge in [0.1, 0.15) is 0 Å². The van der Waals surface area contributed by atoms with E-state index < -0.39 is 9.84 Å². The first kappa shape index (κ1) is 18.1. The molecule has 1 saturated carbocycles. The lowest BCUT2D eigenvalue weighted by molar-refractivity contribution is -0.118. The van der Waals surface area contributed by atoms with Crippen LogP contribution in [0.25, 0.3) is 10.2 Å². The van der Waals surface area contributed by atoms with E-state index in [4.69, 9.17) is 0 Å². The van der Waals surface area contributed by atoms with Crippen molar-refractivity contribution in [1.82, 2.24) is 4.57 Å². The second-order valence-electron chi connectivity index (χ2n) is 6.55. The summed E-state index contributed by atoms with van der Waals surface area (Å²) in [6.45, 7) is 4.29. The molecule has 2 aromatic rings. The molecule has 25 heavy (non-hydrogen) atoms. The van der Waals surface area contributed by atoms with Gasteiger partial charge in [0.15, 0.2) is 14.6 Å². The third-order valence-electron chi connectivity index (χ3n) is 4.55. The molecule has 1 heterocycles. The highest BCUT2D eigenvalue weighted by atomic mass is 32.2. The number of rotatable bonds is 5. The number of allylic oxidation sites excluding steroid dienone is 1. The largest absolute Gasteiger partial charge is 0.313 e. The van der Waals surface area contributed by atoms with E-state index >= 15 is 0 Å². The molecule has 1 aliphatic rings. The second-order valence-corrected chi connectivity index (χ2v) is 9.57. The third-order valence-corrected chi connectivity index (χ3v) is 6.70. The first-order chi connectivity index (χ1) is 11.9. The Balaban J connectivity index is 2.03. The molecular weight excluding hydrogens is 356 g/mol. The number of sulfone groups is 1. The fourth-order valence-corrected chi connectivity index (χ4v) is 5.11. The lowest BCUT2D eigenvalue weighted by Gasteiger charge is -2.04. The zero-order valence-electron chi connectivity index (χ0n) is 14.3. The Morgan fingerprint density at radius 1 is 1.40 bits per heavy atom. The highest BCUT2D eigenvalue weighted by Gasteiger charge is 2.18. The van der Waals surface area contributed by atoms with Crippen LogP contribution in [-0.4, -0.2) is 25.1 Å². The maximum Gasteiger partial charge on any atom is 0.248 e. The van der Waals surface area contributed by atoms with Crippen LogP contribution in [0.5, 0.6) is 0 Å². The van der Waals surface area contributed by atoms with E-state index in [0.29, 0.717) is 23.7 Å². The van der Waals surface area contributed by atoms with E-state index in [1.807, 2.05) is 4.57 Å². The predicted molar refractivity (Wildman–Crippen MR) is 100 cm³/mol. The Kier molecular flexibility index (Phi) is 5.24. The summed E-state index contributed by atoms with van der Waals surface area (Å²) in [6.07, 6.45) is 8.05. The number of carbonyl (C=O) groups excluding carboxylic acids is 1. The number of aromatic nitrogens is 1. The summed E-state index contributed by atoms with van der Waals surface area (Å²) >= 11 is 1.34. The molecule has 5 nitrogen and oxygen atoms in total. The van der Waals surface area contributed by atoms with Crippen LogP contribution in [-0.2, 0) is 21.2 Å². The fraction of sp³-hybridized carbons (Fsp3) is 0.444. The molecule has 1 aliphatic carbocycles. The van der Waals surface area contributed by atoms with Crippen LogP contribution in [0.15, 0.2) is 40.7 Å². The second kappa shape index (κ2) is 7.25. The molecule has 1 aromatic carbocycles. The van der Waals surface area contributed by atoms with E-state index in [-0.39, 0.29) is 10.8 Å². The van der Waals surface area contributed by atoms with Gasteiger partial charge in [-0.3, -0.25) is 4.79 Å². The molecule has 0 spiro atoms. The minimum atomic E-state index is -3.27. The molecule has 3 rings (SSSR count). The Hall–Kier alpha value is -1.73. The average molecular weight is 379 g/mol. The number of carbonyl (C=O) groups is 1. The van der Waals surface area contributed by atoms with Gasteiger partial charge in [-0.25, -0.2) is 8.42 Å². The van der Waals surface area contributed by atoms with Gasteiger partial charge in [0.05, 0.1) is 15.1 Å². The van der Waals surface area contributed by atoms with E-state index in [1.165, 1.54) is 30.4 Å². The van der Waals surface area contributed by atoms with Crippen LogP contribution in [0, 0.1) is 5.92 Å². The van der Waals surface area contributed by atoms with Gasteiger partial charge in [-0.05, 0) is 37.0 Å². The van der Waals surface area contributed by atoms with E-state index in [2.05, 4.69) is 11.6 Å². The normalized spacial score (nSPS) is 16.6. The van der Waals surface area contributed by atoms with Crippen LogP contribution in [0.1, 0.15) is 32.1 Å². The number of hydrogen-bond donors (Lipinski definition) is 0. The molecule has 0 aliphatic heterocycles. The summed E-state index contributed by atoms with van der Waals surface area (Å²) in [5, 5.41) is 0. The fourth-order valence-electron chi connectivity index (χ4n) is 3.29. The molecule has 1 aromatic heterocycles. The van der Waals surface area contributed by atoms with Crippen molar-refractivity contribution in [3.05, 3.63) is 35.7 Å². The molecule has 7 heteroatoms. The minimum Gasteiger partial charge on any atom is -0.313 e. The van der Waals surface area contributed by atoms with Crippen molar-refractivity contribution in [2.75, 3.05) is 6.26 Å². The van der Waals surface area contributed by atoms with E-state index in [9.17, 15) is 13.2 Å². The lowest BCUT2D eigenvalue weighted by Crippen LogP contribution is -2.17. The van der Waals surface area contributed by atoms with Crippen LogP contribution in [0.3, 0.4) is 0 Å². The number of nitrogens with zero attached hydrogens (tertiary/aromatic N) is 2. The topological polar surface area (TPSA) is 68.5 Å². The average Bonchev–Trinajstić information content (AvgIpc) is 3.15. The van der Waals surface area contributed by atoms with Crippen molar-refractivity contribution in [3.8, 4) is 0 Å². The molecule has 0 atom stereocenters. The summed E-state index contributed by atoms with van der Waals surface area (Å²) in [7, 11) is -3.27. The number of benzene rings is 1. The van der Waals surface area contributed by atoms with Crippen molar-refractivity contribution < 1.29 is 13.2 Å². The lowest BCUT2D eigenvalue weighted by atomic mass is 10.0. The Bertz CT molecular complexity index is 977. The number of thiazole rings is 1. The van der Waals surface area contributed by atoms with Gasteiger partial charge in [-0.15, -0.1) is 6.58 Å². The van der Waals surface area contributed by atoms with Crippen LogP contribution in [0.2, 0.25) is 0 Å². The van der Waals surface area contributed by atoms with Gasteiger partial charge < -0.3 is 4.57 Å². The highest BCUT2D eigenvalue weighted by molar-refractivity contribution is 7.90. The van der Waals surface area contributed by atoms with Crippen LogP contribution >= 0.6 is 11.3 Å². The van der Waals surface area contributed by atoms with Gasteiger partial charge in [0.25, 0.3) is 0 Å². The minimum absolute atomic E-state index is 0.0976. The Labute approximate surface area is 151 Å². The van der Waals surface area contributed by atoms with Crippen molar-refractivity contribution in [2.45, 2.75) is 43.5 Å². The predicted octanol–water partition coefficient (Wildman–Crippen LogP) is 3.30. The molecule has 0 N–H and O–H groups in total. The quantitative estimate of drug-likeness (QED) is 0.750. The molecule has 134 valence electrons. The van der Waals surface area contributed by atoms with Gasteiger partial charge >= 0.3 is 0 Å². The monoisotopic (exact) mass is 378 g/mol. The summed E-state index contributed by atoms with van der Waals surface area (Å²) in [4.78, 5) is 17.5. The first-order valence-electron chi connectivity index (χ1n) is 8.40. The molecule has 0 unspecified atom stereocenters. The molecular formula is C18H22N2O3S2. The summed E-state index contributed by atoms with van der Waals surface area (Å²) in [6, 6.07) is 5.01. The smallest absolute Gasteiger partial charge is 0.248 e. The van der Waals surface area contributed by atoms with Gasteiger partial charge in [-0.2, -0.15) is 4.99 Å². The van der Waals surface area contributed by atoms with Gasteiger partial charge in [0, 0.05) is 19.2 Å². The zero-order valence-corrected chi connectivity index (χ0v) is 15.9. The number of hydrogen-bond acceptors (Lipinski definition) is 4. The van der Waals surface area contributed by atoms with Gasteiger partial charge in [-0.1, -0.05) is 30.3 Å². The van der Waals surface area contributed by atoms with Crippen molar-refractivity contribution in [3.63, 3.8) is 0 Å². The zero-order chi connectivity index (χ0) is 18.0. The molecule has 0 saturated heterocycles. The highest BCUT2D eigenvalue weighted by Crippen LogP contribution is 2.28. The van der Waals surface area contributed by atoms with Crippen molar-refractivity contribution in [1.29, 1.82) is 0 Å². The first-order valence-corrected chi connectivity index (χ1v) is 11.1. The molecule has 1 amide bonds. The third kappa shape index (κ3) is 4.10. The summed E-state index contributed by atoms with van der Waals surface area (Å²) < 4.78 is 26.2. The SMILES string of the molecule is C=CCn1c(=NC(=O)CC2CCCC2)sc2cc(S(C)(=O)=O)ccc21. The maximum absolute atomic E-state index is 12.3. The standard InChI is InChI=1S/C18H22N2O3S2/c1-3-10-20-15-9-8-14(25(2,22)23)12-16(15)24-18(20)19-17(21)11-13-6-4-5-7-13/h3,8-9,12-13H,1,4-7,10-11H2,2H3. The van der Waals surface area contributed by atoms with Gasteiger partial charge in [0.2, 0.25) is 5.91 Å². The number of amides is 1. The molecule has 1 fully saturated rings. The van der Waals surface area contributed by atoms with E-state index in [0.717, 1.165) is 23.1 Å². The van der Waals surface area contributed by atoms with Crippen molar-refractivity contribution >= 4 is 37.3 Å². The molecule has 0 radical (unpaired) electrons. The van der Waals surface area contributed by atoms with Crippen molar-refractivity contribution in [2.24, 2.45) is 10.9 Å². The Morgan fingerprint density at radius 3 is 2.76 bits per heavy atom. The summed E-state index contributed by atoms with van der Waals surface area (Å²) in [5.74, 6) is 0.356.